The van der Waals surface area contributed by atoms with Crippen molar-refractivity contribution in [3.8, 4) is 0 Å². The average Bonchev–Trinajstić information content (AvgIpc) is 2.69. The number of esters is 3. The Bertz CT molecular complexity index is 434. The maximum Gasteiger partial charge on any atom is 0.335 e. The SMILES string of the molecule is CCCCCCCCC(CCCCl)C(C(=O)OCC)(C(=O)OCC)C(=O)OCC. The predicted octanol–water partition coefficient (Wildman–Crippen LogP) is 5.05. The van der Waals surface area contributed by atoms with Crippen molar-refractivity contribution in [1.29, 1.82) is 0 Å². The predicted molar refractivity (Wildman–Crippen MR) is 114 cm³/mol. The maximum atomic E-state index is 13.0. The first-order valence-corrected chi connectivity index (χ1v) is 11.6. The molecule has 0 aliphatic carbocycles. The van der Waals surface area contributed by atoms with E-state index in [1.54, 1.807) is 20.8 Å². The second-order valence-corrected chi connectivity index (χ2v) is 7.43. The molecule has 0 rings (SSSR count). The third kappa shape index (κ3) is 8.53. The highest BCUT2D eigenvalue weighted by atomic mass is 35.5. The quantitative estimate of drug-likeness (QED) is 0.105. The molecule has 0 saturated heterocycles. The van der Waals surface area contributed by atoms with Gasteiger partial charge in [0.15, 0.2) is 0 Å². The van der Waals surface area contributed by atoms with Gasteiger partial charge in [0.2, 0.25) is 0 Å². The first kappa shape index (κ1) is 27.7. The summed E-state index contributed by atoms with van der Waals surface area (Å²) in [6.45, 7) is 7.24. The van der Waals surface area contributed by atoms with Crippen LogP contribution in [0.25, 0.3) is 0 Å². The largest absolute Gasteiger partial charge is 0.465 e. The molecule has 7 heteroatoms. The van der Waals surface area contributed by atoms with Crippen LogP contribution >= 0.6 is 11.6 Å². The van der Waals surface area contributed by atoms with Crippen molar-refractivity contribution >= 4 is 29.5 Å². The fourth-order valence-corrected chi connectivity index (χ4v) is 3.71. The lowest BCUT2D eigenvalue weighted by molar-refractivity contribution is -0.189. The van der Waals surface area contributed by atoms with Gasteiger partial charge < -0.3 is 14.2 Å². The highest BCUT2D eigenvalue weighted by Crippen LogP contribution is 2.40. The number of rotatable bonds is 17. The van der Waals surface area contributed by atoms with Crippen LogP contribution in [0.15, 0.2) is 0 Å². The first-order chi connectivity index (χ1) is 14.0. The first-order valence-electron chi connectivity index (χ1n) is 11.0. The van der Waals surface area contributed by atoms with Gasteiger partial charge in [0.05, 0.1) is 19.8 Å². The molecule has 0 aliphatic rings. The molecule has 1 unspecified atom stereocenters. The molecule has 0 spiro atoms. The molecule has 1 atom stereocenters. The van der Waals surface area contributed by atoms with Crippen LogP contribution in [0.5, 0.6) is 0 Å². The van der Waals surface area contributed by atoms with Gasteiger partial charge in [-0.15, -0.1) is 11.6 Å². The molecule has 0 fully saturated rings. The Morgan fingerprint density at radius 2 is 1.10 bits per heavy atom. The van der Waals surface area contributed by atoms with Crippen molar-refractivity contribution < 1.29 is 28.6 Å². The molecule has 0 aromatic rings. The van der Waals surface area contributed by atoms with E-state index in [2.05, 4.69) is 6.92 Å². The molecule has 0 aromatic carbocycles. The third-order valence-corrected chi connectivity index (χ3v) is 5.26. The minimum absolute atomic E-state index is 0.0542. The van der Waals surface area contributed by atoms with Gasteiger partial charge in [0, 0.05) is 5.88 Å². The van der Waals surface area contributed by atoms with Crippen molar-refractivity contribution in [3.63, 3.8) is 0 Å². The van der Waals surface area contributed by atoms with E-state index in [-0.39, 0.29) is 19.8 Å². The zero-order valence-electron chi connectivity index (χ0n) is 18.6. The van der Waals surface area contributed by atoms with Crippen LogP contribution in [0.3, 0.4) is 0 Å². The molecule has 0 aliphatic heterocycles. The van der Waals surface area contributed by atoms with Crippen LogP contribution in [0.4, 0.5) is 0 Å². The Labute approximate surface area is 181 Å². The monoisotopic (exact) mass is 434 g/mol. The number of hydrogen-bond acceptors (Lipinski definition) is 6. The van der Waals surface area contributed by atoms with Gasteiger partial charge in [-0.25, -0.2) is 0 Å². The number of hydrogen-bond donors (Lipinski definition) is 0. The molecular weight excluding hydrogens is 396 g/mol. The van der Waals surface area contributed by atoms with Gasteiger partial charge in [-0.1, -0.05) is 45.4 Å². The van der Waals surface area contributed by atoms with Crippen molar-refractivity contribution in [2.75, 3.05) is 25.7 Å². The lowest BCUT2D eigenvalue weighted by Crippen LogP contribution is -2.54. The summed E-state index contributed by atoms with van der Waals surface area (Å²) >= 11 is 5.89. The topological polar surface area (TPSA) is 78.9 Å². The number of halogens is 1. The van der Waals surface area contributed by atoms with Crippen LogP contribution in [0, 0.1) is 11.3 Å². The molecule has 29 heavy (non-hydrogen) atoms. The molecule has 0 radical (unpaired) electrons. The lowest BCUT2D eigenvalue weighted by atomic mass is 9.70. The van der Waals surface area contributed by atoms with Crippen LogP contribution in [-0.2, 0) is 28.6 Å². The van der Waals surface area contributed by atoms with Gasteiger partial charge >= 0.3 is 17.9 Å². The van der Waals surface area contributed by atoms with Gasteiger partial charge in [-0.3, -0.25) is 14.4 Å². The standard InChI is InChI=1S/C22H39ClO6/c1-5-9-10-11-12-13-15-18(16-14-17-23)22(19(24)27-6-2,20(25)28-7-3)21(26)29-8-4/h18H,5-17H2,1-4H3. The second-order valence-electron chi connectivity index (χ2n) is 7.05. The van der Waals surface area contributed by atoms with Crippen molar-refractivity contribution in [2.24, 2.45) is 11.3 Å². The lowest BCUT2D eigenvalue weighted by Gasteiger charge is -2.34. The summed E-state index contributed by atoms with van der Waals surface area (Å²) in [5.41, 5.74) is -2.10. The average molecular weight is 435 g/mol. The molecular formula is C22H39ClO6. The van der Waals surface area contributed by atoms with E-state index in [4.69, 9.17) is 25.8 Å². The summed E-state index contributed by atoms with van der Waals surface area (Å²) in [7, 11) is 0. The summed E-state index contributed by atoms with van der Waals surface area (Å²) in [6.07, 6.45) is 7.90. The highest BCUT2D eigenvalue weighted by Gasteiger charge is 2.61. The Morgan fingerprint density at radius 1 is 0.690 bits per heavy atom. The van der Waals surface area contributed by atoms with Crippen molar-refractivity contribution in [1.82, 2.24) is 0 Å². The molecule has 6 nitrogen and oxygen atoms in total. The zero-order valence-corrected chi connectivity index (χ0v) is 19.4. The van der Waals surface area contributed by atoms with Gasteiger partial charge in [0.1, 0.15) is 0 Å². The van der Waals surface area contributed by atoms with Crippen LogP contribution in [0.2, 0.25) is 0 Å². The minimum Gasteiger partial charge on any atom is -0.465 e. The number of alkyl halides is 1. The normalized spacial score (nSPS) is 12.3. The second kappa shape index (κ2) is 16.5. The van der Waals surface area contributed by atoms with E-state index >= 15 is 0 Å². The summed E-state index contributed by atoms with van der Waals surface area (Å²) in [5, 5.41) is 0. The van der Waals surface area contributed by atoms with E-state index in [0.29, 0.717) is 25.1 Å². The number of unbranched alkanes of at least 4 members (excludes halogenated alkanes) is 5. The Morgan fingerprint density at radius 3 is 1.52 bits per heavy atom. The third-order valence-electron chi connectivity index (χ3n) is 5.00. The van der Waals surface area contributed by atoms with Crippen LogP contribution < -0.4 is 0 Å². The van der Waals surface area contributed by atoms with Gasteiger partial charge in [-0.05, 0) is 46.0 Å². The summed E-state index contributed by atoms with van der Waals surface area (Å²) in [4.78, 5) is 39.1. The number of ether oxygens (including phenoxy) is 3. The van der Waals surface area contributed by atoms with E-state index in [9.17, 15) is 14.4 Å². The molecule has 0 saturated carbocycles. The van der Waals surface area contributed by atoms with Gasteiger partial charge in [0.25, 0.3) is 5.41 Å². The minimum atomic E-state index is -2.10. The van der Waals surface area contributed by atoms with E-state index < -0.39 is 29.2 Å². The van der Waals surface area contributed by atoms with Crippen LogP contribution in [0.1, 0.15) is 85.5 Å². The summed E-state index contributed by atoms with van der Waals surface area (Å²) in [6, 6.07) is 0. The van der Waals surface area contributed by atoms with Crippen molar-refractivity contribution in [3.05, 3.63) is 0 Å². The summed E-state index contributed by atoms with van der Waals surface area (Å²) < 4.78 is 15.6. The van der Waals surface area contributed by atoms with Gasteiger partial charge in [-0.2, -0.15) is 0 Å². The van der Waals surface area contributed by atoms with Crippen LogP contribution in [-0.4, -0.2) is 43.6 Å². The fourth-order valence-electron chi connectivity index (χ4n) is 3.56. The molecule has 0 heterocycles. The molecule has 170 valence electrons. The Hall–Kier alpha value is -1.30. The van der Waals surface area contributed by atoms with E-state index in [0.717, 1.165) is 32.1 Å². The Balaban J connectivity index is 5.84. The number of carbonyl (C=O) groups is 3. The van der Waals surface area contributed by atoms with Crippen molar-refractivity contribution in [2.45, 2.75) is 85.5 Å². The van der Waals surface area contributed by atoms with E-state index in [1.165, 1.54) is 6.42 Å². The smallest absolute Gasteiger partial charge is 0.335 e. The van der Waals surface area contributed by atoms with E-state index in [1.807, 2.05) is 0 Å². The molecule has 0 aromatic heterocycles. The highest BCUT2D eigenvalue weighted by molar-refractivity contribution is 6.18. The summed E-state index contributed by atoms with van der Waals surface area (Å²) in [5.74, 6) is -2.87. The maximum absolute atomic E-state index is 13.0. The Kier molecular flexibility index (Phi) is 15.8. The zero-order chi connectivity index (χ0) is 22.1. The molecule has 0 bridgehead atoms. The molecule has 0 N–H and O–H groups in total. The molecule has 0 amide bonds. The number of carbonyl (C=O) groups excluding carboxylic acids is 3. The fraction of sp³-hybridized carbons (Fsp3) is 0.864.